The molecule has 0 unspecified atom stereocenters. The van der Waals surface area contributed by atoms with E-state index in [4.69, 9.17) is 22.7 Å². The number of rotatable bonds is 6. The van der Waals surface area contributed by atoms with E-state index in [0.29, 0.717) is 4.99 Å². The normalized spacial score (nSPS) is 10.2. The van der Waals surface area contributed by atoms with Gasteiger partial charge in [-0.25, -0.2) is 0 Å². The van der Waals surface area contributed by atoms with Crippen LogP contribution in [0.1, 0.15) is 10.4 Å². The molecule has 1 aromatic heterocycles. The number of hydrogen-bond acceptors (Lipinski definition) is 4. The predicted molar refractivity (Wildman–Crippen MR) is 85.4 cm³/mol. The van der Waals surface area contributed by atoms with Gasteiger partial charge in [0, 0.05) is 28.7 Å². The van der Waals surface area contributed by atoms with Crippen molar-refractivity contribution in [3.05, 3.63) is 46.2 Å². The SMILES string of the molecule is COc1ccc(C(N)=S)c(NCCc2cccs2)c1. The lowest BCUT2D eigenvalue weighted by Crippen LogP contribution is -2.14. The minimum atomic E-state index is 0.390. The van der Waals surface area contributed by atoms with Crippen molar-refractivity contribution in [2.75, 3.05) is 19.0 Å². The Kier molecular flexibility index (Phi) is 4.76. The molecule has 0 saturated carbocycles. The molecule has 0 aliphatic heterocycles. The number of nitrogens with two attached hydrogens (primary N) is 1. The van der Waals surface area contributed by atoms with Crippen LogP contribution in [0.15, 0.2) is 35.7 Å². The maximum atomic E-state index is 5.73. The summed E-state index contributed by atoms with van der Waals surface area (Å²) in [5.74, 6) is 0.790. The van der Waals surface area contributed by atoms with E-state index in [9.17, 15) is 0 Å². The molecule has 100 valence electrons. The molecule has 0 atom stereocenters. The number of ether oxygens (including phenoxy) is 1. The quantitative estimate of drug-likeness (QED) is 0.803. The molecule has 0 aliphatic carbocycles. The summed E-state index contributed by atoms with van der Waals surface area (Å²) in [5.41, 5.74) is 7.49. The molecule has 0 amide bonds. The van der Waals surface area contributed by atoms with Crippen molar-refractivity contribution >= 4 is 34.2 Å². The van der Waals surface area contributed by atoms with E-state index < -0.39 is 0 Å². The third-order valence-electron chi connectivity index (χ3n) is 2.76. The van der Waals surface area contributed by atoms with Gasteiger partial charge in [0.15, 0.2) is 0 Å². The van der Waals surface area contributed by atoms with Crippen LogP contribution in [-0.2, 0) is 6.42 Å². The Hall–Kier alpha value is -1.59. The van der Waals surface area contributed by atoms with Crippen molar-refractivity contribution in [2.24, 2.45) is 5.73 Å². The van der Waals surface area contributed by atoms with Crippen molar-refractivity contribution < 1.29 is 4.74 Å². The Bertz CT molecular complexity index is 553. The molecule has 0 aliphatic rings. The number of thiocarbonyl (C=S) groups is 1. The summed E-state index contributed by atoms with van der Waals surface area (Å²) in [6, 6.07) is 9.86. The highest BCUT2D eigenvalue weighted by atomic mass is 32.1. The van der Waals surface area contributed by atoms with E-state index in [0.717, 1.165) is 30.0 Å². The minimum absolute atomic E-state index is 0.390. The molecule has 1 heterocycles. The number of nitrogens with one attached hydrogen (secondary N) is 1. The van der Waals surface area contributed by atoms with Crippen LogP contribution in [0.5, 0.6) is 5.75 Å². The van der Waals surface area contributed by atoms with Gasteiger partial charge >= 0.3 is 0 Å². The zero-order valence-electron chi connectivity index (χ0n) is 10.7. The molecular weight excluding hydrogens is 276 g/mol. The Balaban J connectivity index is 2.06. The van der Waals surface area contributed by atoms with Crippen LogP contribution >= 0.6 is 23.6 Å². The molecule has 0 bridgehead atoms. The highest BCUT2D eigenvalue weighted by molar-refractivity contribution is 7.80. The van der Waals surface area contributed by atoms with Crippen molar-refractivity contribution in [1.29, 1.82) is 0 Å². The van der Waals surface area contributed by atoms with Gasteiger partial charge in [-0.1, -0.05) is 18.3 Å². The maximum Gasteiger partial charge on any atom is 0.120 e. The first-order valence-electron chi connectivity index (χ1n) is 5.95. The van der Waals surface area contributed by atoms with Crippen LogP contribution in [0.3, 0.4) is 0 Å². The second kappa shape index (κ2) is 6.54. The van der Waals surface area contributed by atoms with Gasteiger partial charge in [0.25, 0.3) is 0 Å². The highest BCUT2D eigenvalue weighted by Crippen LogP contribution is 2.22. The molecule has 0 saturated heterocycles. The lowest BCUT2D eigenvalue weighted by Gasteiger charge is -2.12. The van der Waals surface area contributed by atoms with Crippen molar-refractivity contribution in [3.63, 3.8) is 0 Å². The maximum absolute atomic E-state index is 5.73. The summed E-state index contributed by atoms with van der Waals surface area (Å²) < 4.78 is 5.22. The van der Waals surface area contributed by atoms with Gasteiger partial charge in [0.05, 0.1) is 7.11 Å². The first-order chi connectivity index (χ1) is 9.20. The third kappa shape index (κ3) is 3.68. The van der Waals surface area contributed by atoms with E-state index in [1.807, 2.05) is 18.2 Å². The van der Waals surface area contributed by atoms with E-state index in [1.165, 1.54) is 4.88 Å². The van der Waals surface area contributed by atoms with Gasteiger partial charge in [0.1, 0.15) is 10.7 Å². The van der Waals surface area contributed by atoms with E-state index >= 15 is 0 Å². The standard InChI is InChI=1S/C14H16N2OS2/c1-17-10-4-5-12(14(15)18)13(9-10)16-7-6-11-3-2-8-19-11/h2-5,8-9,16H,6-7H2,1H3,(H2,15,18). The van der Waals surface area contributed by atoms with Crippen LogP contribution in [0, 0.1) is 0 Å². The number of anilines is 1. The number of hydrogen-bond donors (Lipinski definition) is 2. The zero-order valence-corrected chi connectivity index (χ0v) is 12.3. The molecule has 0 spiro atoms. The Morgan fingerprint density at radius 1 is 1.42 bits per heavy atom. The smallest absolute Gasteiger partial charge is 0.120 e. The average molecular weight is 292 g/mol. The molecule has 0 fully saturated rings. The molecule has 3 nitrogen and oxygen atoms in total. The summed E-state index contributed by atoms with van der Waals surface area (Å²) in [6.45, 7) is 0.837. The summed E-state index contributed by atoms with van der Waals surface area (Å²) in [4.78, 5) is 1.74. The fraction of sp³-hybridized carbons (Fsp3) is 0.214. The van der Waals surface area contributed by atoms with Crippen LogP contribution in [0.2, 0.25) is 0 Å². The molecule has 19 heavy (non-hydrogen) atoms. The van der Waals surface area contributed by atoms with Crippen molar-refractivity contribution in [3.8, 4) is 5.75 Å². The van der Waals surface area contributed by atoms with Gasteiger partial charge < -0.3 is 15.8 Å². The van der Waals surface area contributed by atoms with E-state index in [-0.39, 0.29) is 0 Å². The molecule has 1 aromatic carbocycles. The number of benzene rings is 1. The zero-order chi connectivity index (χ0) is 13.7. The van der Waals surface area contributed by atoms with E-state index in [2.05, 4.69) is 22.8 Å². The number of methoxy groups -OCH3 is 1. The molecule has 2 rings (SSSR count). The second-order valence-electron chi connectivity index (χ2n) is 4.03. The lowest BCUT2D eigenvalue weighted by molar-refractivity contribution is 0.415. The molecule has 5 heteroatoms. The van der Waals surface area contributed by atoms with Crippen molar-refractivity contribution in [2.45, 2.75) is 6.42 Å². The van der Waals surface area contributed by atoms with Crippen LogP contribution in [0.4, 0.5) is 5.69 Å². The fourth-order valence-corrected chi connectivity index (χ4v) is 2.67. The Morgan fingerprint density at radius 3 is 2.89 bits per heavy atom. The largest absolute Gasteiger partial charge is 0.497 e. The summed E-state index contributed by atoms with van der Waals surface area (Å²) in [7, 11) is 1.64. The monoisotopic (exact) mass is 292 g/mol. The molecule has 2 aromatic rings. The van der Waals surface area contributed by atoms with Gasteiger partial charge in [-0.3, -0.25) is 0 Å². The Labute approximate surface area is 122 Å². The number of thiophene rings is 1. The summed E-state index contributed by atoms with van der Waals surface area (Å²) in [5, 5.41) is 5.45. The van der Waals surface area contributed by atoms with Gasteiger partial charge in [-0.2, -0.15) is 0 Å². The van der Waals surface area contributed by atoms with Gasteiger partial charge in [-0.15, -0.1) is 11.3 Å². The van der Waals surface area contributed by atoms with E-state index in [1.54, 1.807) is 18.4 Å². The van der Waals surface area contributed by atoms with Crippen LogP contribution < -0.4 is 15.8 Å². The van der Waals surface area contributed by atoms with Crippen LogP contribution in [-0.4, -0.2) is 18.6 Å². The third-order valence-corrected chi connectivity index (χ3v) is 3.92. The second-order valence-corrected chi connectivity index (χ2v) is 5.50. The Morgan fingerprint density at radius 2 is 2.26 bits per heavy atom. The molecule has 3 N–H and O–H groups in total. The first kappa shape index (κ1) is 13.8. The minimum Gasteiger partial charge on any atom is -0.497 e. The molecular formula is C14H16N2OS2. The van der Waals surface area contributed by atoms with Gasteiger partial charge in [-0.05, 0) is 30.0 Å². The lowest BCUT2D eigenvalue weighted by atomic mass is 10.1. The fourth-order valence-electron chi connectivity index (χ4n) is 1.79. The van der Waals surface area contributed by atoms with Crippen LogP contribution in [0.25, 0.3) is 0 Å². The molecule has 0 radical (unpaired) electrons. The topological polar surface area (TPSA) is 47.3 Å². The van der Waals surface area contributed by atoms with Gasteiger partial charge in [0.2, 0.25) is 0 Å². The highest BCUT2D eigenvalue weighted by Gasteiger charge is 2.06. The van der Waals surface area contributed by atoms with Crippen molar-refractivity contribution in [1.82, 2.24) is 0 Å². The summed E-state index contributed by atoms with van der Waals surface area (Å²) in [6.07, 6.45) is 0.978. The average Bonchev–Trinajstić information content (AvgIpc) is 2.91. The predicted octanol–water partition coefficient (Wildman–Crippen LogP) is 3.05. The summed E-state index contributed by atoms with van der Waals surface area (Å²) >= 11 is 6.82. The first-order valence-corrected chi connectivity index (χ1v) is 7.23.